The minimum Gasteiger partial charge on any atom is -0.314 e. The Labute approximate surface area is 118 Å². The SMILES string of the molecule is Brc1ccccc1C1(CN2CCNCC2)CCC1. The first-order valence-electron chi connectivity index (χ1n) is 6.98. The van der Waals surface area contributed by atoms with Gasteiger partial charge in [0, 0.05) is 42.6 Å². The number of halogens is 1. The molecule has 0 bridgehead atoms. The van der Waals surface area contributed by atoms with Crippen LogP contribution in [-0.2, 0) is 5.41 Å². The Morgan fingerprint density at radius 3 is 2.50 bits per heavy atom. The van der Waals surface area contributed by atoms with Gasteiger partial charge in [-0.05, 0) is 24.5 Å². The summed E-state index contributed by atoms with van der Waals surface area (Å²) in [4.78, 5) is 2.63. The summed E-state index contributed by atoms with van der Waals surface area (Å²) in [6, 6.07) is 8.79. The summed E-state index contributed by atoms with van der Waals surface area (Å²) in [5, 5.41) is 3.44. The first-order valence-corrected chi connectivity index (χ1v) is 7.78. The van der Waals surface area contributed by atoms with Gasteiger partial charge in [0.2, 0.25) is 0 Å². The zero-order valence-corrected chi connectivity index (χ0v) is 12.4. The zero-order valence-electron chi connectivity index (χ0n) is 10.8. The summed E-state index contributed by atoms with van der Waals surface area (Å²) in [6.45, 7) is 5.92. The van der Waals surface area contributed by atoms with Crippen molar-refractivity contribution < 1.29 is 0 Å². The van der Waals surface area contributed by atoms with Crippen molar-refractivity contribution in [3.05, 3.63) is 34.3 Å². The molecule has 0 amide bonds. The molecular weight excluding hydrogens is 288 g/mol. The lowest BCUT2D eigenvalue weighted by molar-refractivity contribution is 0.128. The first kappa shape index (κ1) is 12.6. The fourth-order valence-electron chi connectivity index (χ4n) is 3.30. The predicted molar refractivity (Wildman–Crippen MR) is 79.0 cm³/mol. The van der Waals surface area contributed by atoms with E-state index in [0.29, 0.717) is 5.41 Å². The van der Waals surface area contributed by atoms with Gasteiger partial charge in [0.25, 0.3) is 0 Å². The molecule has 1 N–H and O–H groups in total. The second kappa shape index (κ2) is 5.32. The van der Waals surface area contributed by atoms with Gasteiger partial charge in [0.15, 0.2) is 0 Å². The summed E-state index contributed by atoms with van der Waals surface area (Å²) in [6.07, 6.45) is 4.08. The van der Waals surface area contributed by atoms with Crippen molar-refractivity contribution in [3.63, 3.8) is 0 Å². The lowest BCUT2D eigenvalue weighted by Crippen LogP contribution is -2.51. The van der Waals surface area contributed by atoms with Crippen LogP contribution in [0, 0.1) is 0 Å². The summed E-state index contributed by atoms with van der Waals surface area (Å²) in [5.74, 6) is 0. The smallest absolute Gasteiger partial charge is 0.0213 e. The van der Waals surface area contributed by atoms with Crippen LogP contribution < -0.4 is 5.32 Å². The molecule has 98 valence electrons. The molecule has 0 aromatic heterocycles. The zero-order chi connectivity index (χ0) is 12.4. The van der Waals surface area contributed by atoms with Crippen molar-refractivity contribution in [2.45, 2.75) is 24.7 Å². The Bertz CT molecular complexity index is 409. The Morgan fingerprint density at radius 1 is 1.17 bits per heavy atom. The molecule has 1 heterocycles. The Morgan fingerprint density at radius 2 is 1.89 bits per heavy atom. The van der Waals surface area contributed by atoms with E-state index in [1.54, 1.807) is 0 Å². The molecule has 0 spiro atoms. The minimum atomic E-state index is 0.414. The van der Waals surface area contributed by atoms with E-state index < -0.39 is 0 Å². The lowest BCUT2D eigenvalue weighted by atomic mass is 9.64. The number of hydrogen-bond donors (Lipinski definition) is 1. The maximum absolute atomic E-state index is 3.74. The van der Waals surface area contributed by atoms with Crippen LogP contribution in [0.3, 0.4) is 0 Å². The molecule has 2 nitrogen and oxygen atoms in total. The van der Waals surface area contributed by atoms with Crippen LogP contribution in [0.1, 0.15) is 24.8 Å². The molecule has 3 rings (SSSR count). The number of hydrogen-bond acceptors (Lipinski definition) is 2. The maximum Gasteiger partial charge on any atom is 0.0213 e. The fraction of sp³-hybridized carbons (Fsp3) is 0.600. The van der Waals surface area contributed by atoms with E-state index in [0.717, 1.165) is 13.1 Å². The first-order chi connectivity index (χ1) is 8.80. The number of rotatable bonds is 3. The predicted octanol–water partition coefficient (Wildman–Crippen LogP) is 2.78. The molecule has 18 heavy (non-hydrogen) atoms. The third-order valence-electron chi connectivity index (χ3n) is 4.49. The molecule has 1 aromatic rings. The lowest BCUT2D eigenvalue weighted by Gasteiger charge is -2.47. The third-order valence-corrected chi connectivity index (χ3v) is 5.18. The van der Waals surface area contributed by atoms with Crippen LogP contribution in [-0.4, -0.2) is 37.6 Å². The van der Waals surface area contributed by atoms with Crippen LogP contribution in [0.25, 0.3) is 0 Å². The van der Waals surface area contributed by atoms with E-state index in [9.17, 15) is 0 Å². The molecule has 3 heteroatoms. The molecule has 2 fully saturated rings. The Balaban J connectivity index is 1.79. The van der Waals surface area contributed by atoms with Crippen molar-refractivity contribution in [2.24, 2.45) is 0 Å². The molecular formula is C15H21BrN2. The van der Waals surface area contributed by atoms with E-state index in [-0.39, 0.29) is 0 Å². The van der Waals surface area contributed by atoms with E-state index in [1.807, 2.05) is 0 Å². The van der Waals surface area contributed by atoms with Gasteiger partial charge in [-0.15, -0.1) is 0 Å². The molecule has 0 unspecified atom stereocenters. The number of nitrogens with zero attached hydrogens (tertiary/aromatic N) is 1. The summed E-state index contributed by atoms with van der Waals surface area (Å²) in [5.41, 5.74) is 1.94. The molecule has 1 saturated carbocycles. The van der Waals surface area contributed by atoms with Crippen molar-refractivity contribution in [2.75, 3.05) is 32.7 Å². The second-order valence-corrected chi connectivity index (χ2v) is 6.49. The quantitative estimate of drug-likeness (QED) is 0.923. The number of piperazine rings is 1. The minimum absolute atomic E-state index is 0.414. The summed E-state index contributed by atoms with van der Waals surface area (Å²) < 4.78 is 1.29. The van der Waals surface area contributed by atoms with E-state index in [1.165, 1.54) is 48.9 Å². The van der Waals surface area contributed by atoms with Gasteiger partial charge < -0.3 is 5.32 Å². The molecule has 2 aliphatic rings. The topological polar surface area (TPSA) is 15.3 Å². The Hall–Kier alpha value is -0.380. The highest BCUT2D eigenvalue weighted by Crippen LogP contribution is 2.46. The van der Waals surface area contributed by atoms with Gasteiger partial charge >= 0.3 is 0 Å². The highest BCUT2D eigenvalue weighted by Gasteiger charge is 2.41. The van der Waals surface area contributed by atoms with E-state index in [2.05, 4.69) is 50.4 Å². The number of nitrogens with one attached hydrogen (secondary N) is 1. The number of benzene rings is 1. The van der Waals surface area contributed by atoms with Crippen molar-refractivity contribution in [1.82, 2.24) is 10.2 Å². The van der Waals surface area contributed by atoms with Gasteiger partial charge in [-0.25, -0.2) is 0 Å². The average molecular weight is 309 g/mol. The van der Waals surface area contributed by atoms with Crippen LogP contribution in [0.5, 0.6) is 0 Å². The van der Waals surface area contributed by atoms with Crippen LogP contribution in [0.4, 0.5) is 0 Å². The largest absolute Gasteiger partial charge is 0.314 e. The van der Waals surface area contributed by atoms with Gasteiger partial charge in [-0.3, -0.25) is 4.90 Å². The highest BCUT2D eigenvalue weighted by atomic mass is 79.9. The highest BCUT2D eigenvalue weighted by molar-refractivity contribution is 9.10. The van der Waals surface area contributed by atoms with E-state index >= 15 is 0 Å². The maximum atomic E-state index is 3.74. The van der Waals surface area contributed by atoms with Crippen molar-refractivity contribution in [1.29, 1.82) is 0 Å². The van der Waals surface area contributed by atoms with Gasteiger partial charge in [0.05, 0.1) is 0 Å². The Kier molecular flexibility index (Phi) is 3.73. The van der Waals surface area contributed by atoms with Crippen LogP contribution in [0.2, 0.25) is 0 Å². The average Bonchev–Trinajstić information content (AvgIpc) is 2.36. The molecule has 0 atom stereocenters. The fourth-order valence-corrected chi connectivity index (χ4v) is 4.01. The second-order valence-electron chi connectivity index (χ2n) is 5.64. The monoisotopic (exact) mass is 308 g/mol. The standard InChI is InChI=1S/C15H21BrN2/c16-14-5-2-1-4-13(14)15(6-3-7-15)12-18-10-8-17-9-11-18/h1-2,4-5,17H,3,6-12H2. The van der Waals surface area contributed by atoms with Crippen molar-refractivity contribution >= 4 is 15.9 Å². The van der Waals surface area contributed by atoms with Gasteiger partial charge in [0.1, 0.15) is 0 Å². The van der Waals surface area contributed by atoms with Gasteiger partial charge in [-0.1, -0.05) is 40.5 Å². The van der Waals surface area contributed by atoms with Crippen LogP contribution in [0.15, 0.2) is 28.7 Å². The summed E-state index contributed by atoms with van der Waals surface area (Å²) in [7, 11) is 0. The molecule has 1 aliphatic heterocycles. The normalized spacial score (nSPS) is 23.6. The molecule has 1 aliphatic carbocycles. The van der Waals surface area contributed by atoms with E-state index in [4.69, 9.17) is 0 Å². The third kappa shape index (κ3) is 2.36. The molecule has 1 aromatic carbocycles. The van der Waals surface area contributed by atoms with Crippen molar-refractivity contribution in [3.8, 4) is 0 Å². The summed E-state index contributed by atoms with van der Waals surface area (Å²) >= 11 is 3.74. The molecule has 0 radical (unpaired) electrons. The molecule has 1 saturated heterocycles. The van der Waals surface area contributed by atoms with Gasteiger partial charge in [-0.2, -0.15) is 0 Å². The van der Waals surface area contributed by atoms with Crippen LogP contribution >= 0.6 is 15.9 Å².